The van der Waals surface area contributed by atoms with Crippen molar-refractivity contribution in [2.45, 2.75) is 13.0 Å². The van der Waals surface area contributed by atoms with Gasteiger partial charge in [-0.25, -0.2) is 4.79 Å². The van der Waals surface area contributed by atoms with Gasteiger partial charge in [0.15, 0.2) is 5.69 Å². The second kappa shape index (κ2) is 4.75. The van der Waals surface area contributed by atoms with Crippen molar-refractivity contribution in [2.75, 3.05) is 6.61 Å². The smallest absolute Gasteiger partial charge is 0.359 e. The number of hydrogen-bond acceptors (Lipinski definition) is 5. The average Bonchev–Trinajstić information content (AvgIpc) is 2.59. The zero-order valence-corrected chi connectivity index (χ0v) is 9.01. The summed E-state index contributed by atoms with van der Waals surface area (Å²) in [5, 5.41) is 12.6. The van der Waals surface area contributed by atoms with E-state index in [0.717, 1.165) is 0 Å². The molecule has 7 heteroatoms. The Hall–Kier alpha value is -1.89. The molecule has 7 nitrogen and oxygen atoms in total. The molecule has 1 heterocycles. The third kappa shape index (κ3) is 2.37. The Morgan fingerprint density at radius 2 is 2.31 bits per heavy atom. The average molecular weight is 227 g/mol. The lowest BCUT2D eigenvalue weighted by Gasteiger charge is -2.05. The minimum absolute atomic E-state index is 0.0562. The fourth-order valence-electron chi connectivity index (χ4n) is 1.23. The Labute approximate surface area is 91.8 Å². The quantitative estimate of drug-likeness (QED) is 0.682. The molecule has 1 atom stereocenters. The lowest BCUT2D eigenvalue weighted by molar-refractivity contribution is -0.138. The molecule has 0 fully saturated rings. The van der Waals surface area contributed by atoms with Gasteiger partial charge >= 0.3 is 11.9 Å². The number of aryl methyl sites for hydroxylation is 1. The van der Waals surface area contributed by atoms with Crippen LogP contribution in [-0.2, 0) is 16.6 Å². The highest BCUT2D eigenvalue weighted by Crippen LogP contribution is 2.15. The summed E-state index contributed by atoms with van der Waals surface area (Å²) in [6.07, 6.45) is 1.39. The van der Waals surface area contributed by atoms with Crippen LogP contribution in [0.1, 0.15) is 29.0 Å². The number of carboxylic acids is 1. The van der Waals surface area contributed by atoms with Gasteiger partial charge in [0.2, 0.25) is 0 Å². The van der Waals surface area contributed by atoms with Gasteiger partial charge in [-0.05, 0) is 6.92 Å². The molecular formula is C9H13N3O4. The van der Waals surface area contributed by atoms with Gasteiger partial charge < -0.3 is 15.6 Å². The van der Waals surface area contributed by atoms with Gasteiger partial charge in [0.1, 0.15) is 6.04 Å². The van der Waals surface area contributed by atoms with Crippen LogP contribution >= 0.6 is 0 Å². The Morgan fingerprint density at radius 3 is 2.81 bits per heavy atom. The monoisotopic (exact) mass is 227 g/mol. The zero-order chi connectivity index (χ0) is 12.3. The zero-order valence-electron chi connectivity index (χ0n) is 9.01. The van der Waals surface area contributed by atoms with E-state index in [1.807, 2.05) is 0 Å². The maximum absolute atomic E-state index is 11.5. The predicted molar refractivity (Wildman–Crippen MR) is 53.7 cm³/mol. The van der Waals surface area contributed by atoms with E-state index in [1.165, 1.54) is 10.9 Å². The van der Waals surface area contributed by atoms with Gasteiger partial charge in [-0.3, -0.25) is 9.48 Å². The largest absolute Gasteiger partial charge is 0.480 e. The van der Waals surface area contributed by atoms with E-state index < -0.39 is 18.0 Å². The number of carbonyl (C=O) groups excluding carboxylic acids is 1. The third-order valence-electron chi connectivity index (χ3n) is 1.93. The fraction of sp³-hybridized carbons (Fsp3) is 0.444. The van der Waals surface area contributed by atoms with Crippen LogP contribution in [0.2, 0.25) is 0 Å². The summed E-state index contributed by atoms with van der Waals surface area (Å²) in [5.41, 5.74) is 5.52. The summed E-state index contributed by atoms with van der Waals surface area (Å²) in [4.78, 5) is 22.2. The number of aliphatic carboxylic acids is 1. The summed E-state index contributed by atoms with van der Waals surface area (Å²) in [5.74, 6) is -1.90. The number of ether oxygens (including phenoxy) is 1. The molecule has 1 rings (SSSR count). The first kappa shape index (κ1) is 12.2. The van der Waals surface area contributed by atoms with Crippen LogP contribution in [0.3, 0.4) is 0 Å². The number of esters is 1. The Balaban J connectivity index is 3.09. The van der Waals surface area contributed by atoms with Gasteiger partial charge in [-0.1, -0.05) is 0 Å². The molecule has 0 aliphatic carbocycles. The molecule has 0 aromatic carbocycles. The lowest BCUT2D eigenvalue weighted by atomic mass is 10.1. The molecular weight excluding hydrogens is 214 g/mol. The van der Waals surface area contributed by atoms with E-state index in [-0.39, 0.29) is 17.9 Å². The molecule has 16 heavy (non-hydrogen) atoms. The van der Waals surface area contributed by atoms with Crippen LogP contribution in [0.4, 0.5) is 0 Å². The van der Waals surface area contributed by atoms with Crippen molar-refractivity contribution in [3.05, 3.63) is 17.5 Å². The van der Waals surface area contributed by atoms with Gasteiger partial charge in [-0.15, -0.1) is 0 Å². The molecule has 1 aromatic rings. The van der Waals surface area contributed by atoms with Crippen molar-refractivity contribution in [3.8, 4) is 0 Å². The van der Waals surface area contributed by atoms with Crippen LogP contribution < -0.4 is 5.73 Å². The number of nitrogens with two attached hydrogens (primary N) is 1. The van der Waals surface area contributed by atoms with E-state index in [1.54, 1.807) is 14.0 Å². The Kier molecular flexibility index (Phi) is 3.62. The van der Waals surface area contributed by atoms with Crippen LogP contribution in [0, 0.1) is 0 Å². The normalized spacial score (nSPS) is 12.2. The highest BCUT2D eigenvalue weighted by Gasteiger charge is 2.25. The first-order valence-corrected chi connectivity index (χ1v) is 4.66. The molecule has 0 saturated heterocycles. The van der Waals surface area contributed by atoms with Crippen molar-refractivity contribution >= 4 is 11.9 Å². The minimum Gasteiger partial charge on any atom is -0.480 e. The van der Waals surface area contributed by atoms with Gasteiger partial charge in [-0.2, -0.15) is 5.10 Å². The Bertz CT molecular complexity index is 413. The van der Waals surface area contributed by atoms with Gasteiger partial charge in [0.25, 0.3) is 0 Å². The number of carboxylic acid groups (broad SMARTS) is 1. The Morgan fingerprint density at radius 1 is 1.69 bits per heavy atom. The first-order chi connectivity index (χ1) is 7.47. The maximum Gasteiger partial charge on any atom is 0.359 e. The molecule has 0 saturated carbocycles. The van der Waals surface area contributed by atoms with Gasteiger partial charge in [0.05, 0.1) is 6.61 Å². The van der Waals surface area contributed by atoms with Crippen molar-refractivity contribution in [1.82, 2.24) is 9.78 Å². The number of hydrogen-bond donors (Lipinski definition) is 2. The minimum atomic E-state index is -1.28. The molecule has 1 aromatic heterocycles. The van der Waals surface area contributed by atoms with Crippen LogP contribution in [0.25, 0.3) is 0 Å². The molecule has 0 spiro atoms. The summed E-state index contributed by atoms with van der Waals surface area (Å²) in [6.45, 7) is 1.84. The fourth-order valence-corrected chi connectivity index (χ4v) is 1.23. The van der Waals surface area contributed by atoms with Crippen LogP contribution in [0.5, 0.6) is 0 Å². The van der Waals surface area contributed by atoms with Crippen molar-refractivity contribution < 1.29 is 19.4 Å². The van der Waals surface area contributed by atoms with E-state index in [4.69, 9.17) is 15.6 Å². The van der Waals surface area contributed by atoms with Gasteiger partial charge in [0, 0.05) is 18.8 Å². The number of nitrogens with zero attached hydrogens (tertiary/aromatic N) is 2. The van der Waals surface area contributed by atoms with E-state index >= 15 is 0 Å². The van der Waals surface area contributed by atoms with Crippen molar-refractivity contribution in [3.63, 3.8) is 0 Å². The molecule has 0 bridgehead atoms. The SMILES string of the molecule is CCOC(=O)c1nn(C)cc1C(N)C(=O)O. The standard InChI is InChI=1S/C9H13N3O4/c1-3-16-9(15)7-5(4-12(2)11-7)6(10)8(13)14/h4,6H,3,10H2,1-2H3,(H,13,14). The van der Waals surface area contributed by atoms with E-state index in [0.29, 0.717) is 0 Å². The van der Waals surface area contributed by atoms with Crippen molar-refractivity contribution in [2.24, 2.45) is 12.8 Å². The molecule has 1 unspecified atom stereocenters. The highest BCUT2D eigenvalue weighted by molar-refractivity contribution is 5.91. The highest BCUT2D eigenvalue weighted by atomic mass is 16.5. The van der Waals surface area contributed by atoms with Crippen LogP contribution in [-0.4, -0.2) is 33.4 Å². The van der Waals surface area contributed by atoms with E-state index in [9.17, 15) is 9.59 Å². The number of aromatic nitrogens is 2. The molecule has 0 amide bonds. The molecule has 3 N–H and O–H groups in total. The molecule has 0 aliphatic rings. The van der Waals surface area contributed by atoms with Crippen molar-refractivity contribution in [1.29, 1.82) is 0 Å². The summed E-state index contributed by atoms with van der Waals surface area (Å²) in [7, 11) is 1.57. The summed E-state index contributed by atoms with van der Waals surface area (Å²) in [6, 6.07) is -1.28. The summed E-state index contributed by atoms with van der Waals surface area (Å²) < 4.78 is 6.07. The second-order valence-corrected chi connectivity index (χ2v) is 3.14. The second-order valence-electron chi connectivity index (χ2n) is 3.14. The third-order valence-corrected chi connectivity index (χ3v) is 1.93. The predicted octanol–water partition coefficient (Wildman–Crippen LogP) is -0.319. The molecule has 0 aliphatic heterocycles. The van der Waals surface area contributed by atoms with E-state index in [2.05, 4.69) is 5.10 Å². The van der Waals surface area contributed by atoms with Crippen LogP contribution in [0.15, 0.2) is 6.20 Å². The maximum atomic E-state index is 11.5. The topological polar surface area (TPSA) is 107 Å². The lowest BCUT2D eigenvalue weighted by Crippen LogP contribution is -2.23. The number of rotatable bonds is 4. The molecule has 0 radical (unpaired) electrons. The molecule has 88 valence electrons. The summed E-state index contributed by atoms with van der Waals surface area (Å²) >= 11 is 0. The number of carbonyl (C=O) groups is 2. The first-order valence-electron chi connectivity index (χ1n) is 4.66.